The van der Waals surface area contributed by atoms with Gasteiger partial charge in [0.1, 0.15) is 6.29 Å². The summed E-state index contributed by atoms with van der Waals surface area (Å²) in [7, 11) is 1.69. The molecule has 0 aromatic rings. The van der Waals surface area contributed by atoms with Gasteiger partial charge in [-0.05, 0) is 13.0 Å². The number of hydrogen-bond donors (Lipinski definition) is 2. The number of carbonyl (C=O) groups is 2. The van der Waals surface area contributed by atoms with Crippen molar-refractivity contribution in [1.82, 2.24) is 10.6 Å². The Hall–Kier alpha value is -0.900. The molecule has 1 amide bonds. The lowest BCUT2D eigenvalue weighted by molar-refractivity contribution is -0.123. The van der Waals surface area contributed by atoms with Gasteiger partial charge >= 0.3 is 0 Å². The van der Waals surface area contributed by atoms with E-state index in [4.69, 9.17) is 0 Å². The molecule has 0 fully saturated rings. The Morgan fingerprint density at radius 2 is 2.08 bits per heavy atom. The van der Waals surface area contributed by atoms with Crippen LogP contribution >= 0.6 is 0 Å². The van der Waals surface area contributed by atoms with Crippen molar-refractivity contribution in [3.63, 3.8) is 0 Å². The predicted molar refractivity (Wildman–Crippen MR) is 46.8 cm³/mol. The Labute approximate surface area is 72.7 Å². The van der Waals surface area contributed by atoms with Gasteiger partial charge < -0.3 is 15.4 Å². The summed E-state index contributed by atoms with van der Waals surface area (Å²) >= 11 is 0. The van der Waals surface area contributed by atoms with Crippen LogP contribution in [-0.4, -0.2) is 31.8 Å². The number of nitrogens with one attached hydrogen (secondary N) is 2. The molecule has 0 aliphatic carbocycles. The third-order valence-corrected chi connectivity index (χ3v) is 1.53. The van der Waals surface area contributed by atoms with Gasteiger partial charge in [0.15, 0.2) is 0 Å². The summed E-state index contributed by atoms with van der Waals surface area (Å²) in [6, 6.07) is -0.370. The second-order valence-corrected chi connectivity index (χ2v) is 3.00. The maximum absolute atomic E-state index is 11.0. The molecule has 0 aromatic carbocycles. The summed E-state index contributed by atoms with van der Waals surface area (Å²) in [6.07, 6.45) is 0.762. The Bertz CT molecular complexity index is 157. The van der Waals surface area contributed by atoms with E-state index in [1.165, 1.54) is 0 Å². The molecule has 0 radical (unpaired) electrons. The normalized spacial score (nSPS) is 12.7. The molecule has 0 aliphatic rings. The first-order valence-electron chi connectivity index (χ1n) is 4.01. The highest BCUT2D eigenvalue weighted by atomic mass is 16.2. The molecule has 2 N–H and O–H groups in total. The second kappa shape index (κ2) is 5.71. The van der Waals surface area contributed by atoms with Crippen LogP contribution in [0.3, 0.4) is 0 Å². The molecule has 0 aliphatic heterocycles. The van der Waals surface area contributed by atoms with E-state index in [0.717, 1.165) is 6.29 Å². The Morgan fingerprint density at radius 3 is 2.42 bits per heavy atom. The fourth-order valence-corrected chi connectivity index (χ4v) is 0.755. The van der Waals surface area contributed by atoms with Crippen LogP contribution in [0.1, 0.15) is 13.8 Å². The minimum Gasteiger partial charge on any atom is -0.345 e. The van der Waals surface area contributed by atoms with Crippen LogP contribution in [0.4, 0.5) is 0 Å². The third-order valence-electron chi connectivity index (χ3n) is 1.53. The molecule has 4 heteroatoms. The minimum atomic E-state index is -0.370. The Kier molecular flexibility index (Phi) is 5.28. The van der Waals surface area contributed by atoms with Crippen LogP contribution in [0.25, 0.3) is 0 Å². The van der Waals surface area contributed by atoms with Crippen LogP contribution in [0.2, 0.25) is 0 Å². The summed E-state index contributed by atoms with van der Waals surface area (Å²) < 4.78 is 0. The molecule has 1 unspecified atom stereocenters. The van der Waals surface area contributed by atoms with Gasteiger partial charge in [-0.2, -0.15) is 0 Å². The molecular weight excluding hydrogens is 156 g/mol. The number of amides is 1. The Balaban J connectivity index is 3.85. The van der Waals surface area contributed by atoms with E-state index in [2.05, 4.69) is 10.6 Å². The molecule has 0 rings (SSSR count). The molecule has 0 saturated carbocycles. The van der Waals surface area contributed by atoms with Crippen molar-refractivity contribution in [1.29, 1.82) is 0 Å². The number of likely N-dealkylation sites (N-methyl/N-ethyl adjacent to an activating group) is 1. The van der Waals surface area contributed by atoms with Crippen molar-refractivity contribution < 1.29 is 9.59 Å². The highest BCUT2D eigenvalue weighted by Gasteiger charge is 2.13. The summed E-state index contributed by atoms with van der Waals surface area (Å²) in [5, 5.41) is 5.31. The number of carbonyl (C=O) groups excluding carboxylic acids is 2. The van der Waals surface area contributed by atoms with Gasteiger partial charge in [-0.15, -0.1) is 0 Å². The summed E-state index contributed by atoms with van der Waals surface area (Å²) in [4.78, 5) is 21.4. The van der Waals surface area contributed by atoms with Crippen LogP contribution in [0, 0.1) is 5.92 Å². The fraction of sp³-hybridized carbons (Fsp3) is 0.750. The first-order valence-corrected chi connectivity index (χ1v) is 4.01. The molecule has 0 bridgehead atoms. The lowest BCUT2D eigenvalue weighted by Crippen LogP contribution is -2.43. The van der Waals surface area contributed by atoms with Gasteiger partial charge in [0, 0.05) is 0 Å². The summed E-state index contributed by atoms with van der Waals surface area (Å²) in [5.74, 6) is -0.00777. The largest absolute Gasteiger partial charge is 0.345 e. The third kappa shape index (κ3) is 4.08. The van der Waals surface area contributed by atoms with Gasteiger partial charge in [0.25, 0.3) is 0 Å². The number of hydrogen-bond acceptors (Lipinski definition) is 3. The van der Waals surface area contributed by atoms with Gasteiger partial charge in [-0.1, -0.05) is 13.8 Å². The Morgan fingerprint density at radius 1 is 1.50 bits per heavy atom. The van der Waals surface area contributed by atoms with E-state index in [1.54, 1.807) is 7.05 Å². The van der Waals surface area contributed by atoms with Crippen molar-refractivity contribution in [3.05, 3.63) is 0 Å². The standard InChI is InChI=1S/C8H16N2O2/c1-6(2)7(5-11)10-8(12)4-9-3/h5-7,9H,4H2,1-3H3,(H,10,12). The lowest BCUT2D eigenvalue weighted by Gasteiger charge is -2.15. The van der Waals surface area contributed by atoms with Crippen molar-refractivity contribution in [2.45, 2.75) is 19.9 Å². The van der Waals surface area contributed by atoms with Crippen LogP contribution in [-0.2, 0) is 9.59 Å². The van der Waals surface area contributed by atoms with E-state index >= 15 is 0 Å². The van der Waals surface area contributed by atoms with E-state index in [0.29, 0.717) is 0 Å². The fourth-order valence-electron chi connectivity index (χ4n) is 0.755. The van der Waals surface area contributed by atoms with Crippen molar-refractivity contribution in [2.24, 2.45) is 5.92 Å². The van der Waals surface area contributed by atoms with Gasteiger partial charge in [-0.25, -0.2) is 0 Å². The number of rotatable bonds is 5. The van der Waals surface area contributed by atoms with E-state index in [9.17, 15) is 9.59 Å². The molecule has 0 spiro atoms. The zero-order valence-electron chi connectivity index (χ0n) is 7.76. The molecule has 70 valence electrons. The molecule has 12 heavy (non-hydrogen) atoms. The summed E-state index contributed by atoms with van der Waals surface area (Å²) in [6.45, 7) is 4.02. The van der Waals surface area contributed by atoms with Crippen molar-refractivity contribution in [3.8, 4) is 0 Å². The quantitative estimate of drug-likeness (QED) is 0.552. The van der Waals surface area contributed by atoms with Crippen molar-refractivity contribution >= 4 is 12.2 Å². The highest BCUT2D eigenvalue weighted by Crippen LogP contribution is 1.97. The van der Waals surface area contributed by atoms with Gasteiger partial charge in [0.2, 0.25) is 5.91 Å². The zero-order valence-corrected chi connectivity index (χ0v) is 7.76. The number of aldehydes is 1. The average molecular weight is 172 g/mol. The van der Waals surface area contributed by atoms with Crippen LogP contribution in [0.15, 0.2) is 0 Å². The van der Waals surface area contributed by atoms with Crippen LogP contribution < -0.4 is 10.6 Å². The van der Waals surface area contributed by atoms with Gasteiger partial charge in [-0.3, -0.25) is 4.79 Å². The highest BCUT2D eigenvalue weighted by molar-refractivity contribution is 5.81. The van der Waals surface area contributed by atoms with E-state index in [-0.39, 0.29) is 24.4 Å². The molecule has 1 atom stereocenters. The predicted octanol–water partition coefficient (Wildman–Crippen LogP) is -0.455. The maximum atomic E-state index is 11.0. The SMILES string of the molecule is CNCC(=O)NC(C=O)C(C)C. The van der Waals surface area contributed by atoms with Gasteiger partial charge in [0.05, 0.1) is 12.6 Å². The first kappa shape index (κ1) is 11.1. The maximum Gasteiger partial charge on any atom is 0.234 e. The lowest BCUT2D eigenvalue weighted by atomic mass is 10.1. The average Bonchev–Trinajstić information content (AvgIpc) is 2.00. The molecule has 0 heterocycles. The van der Waals surface area contributed by atoms with E-state index in [1.807, 2.05) is 13.8 Å². The topological polar surface area (TPSA) is 58.2 Å². The van der Waals surface area contributed by atoms with Crippen LogP contribution in [0.5, 0.6) is 0 Å². The summed E-state index contributed by atoms with van der Waals surface area (Å²) in [5.41, 5.74) is 0. The van der Waals surface area contributed by atoms with Crippen molar-refractivity contribution in [2.75, 3.05) is 13.6 Å². The monoisotopic (exact) mass is 172 g/mol. The second-order valence-electron chi connectivity index (χ2n) is 3.00. The molecule has 0 saturated heterocycles. The first-order chi connectivity index (χ1) is 5.61. The smallest absolute Gasteiger partial charge is 0.234 e. The zero-order chi connectivity index (χ0) is 9.56. The minimum absolute atomic E-state index is 0.142. The molecular formula is C8H16N2O2. The molecule has 0 aromatic heterocycles. The molecule has 4 nitrogen and oxygen atoms in total. The van der Waals surface area contributed by atoms with E-state index < -0.39 is 0 Å².